The Morgan fingerprint density at radius 1 is 1.08 bits per heavy atom. The topological polar surface area (TPSA) is 89.5 Å². The van der Waals surface area contributed by atoms with Crippen LogP contribution in [0.25, 0.3) is 0 Å². The van der Waals surface area contributed by atoms with Gasteiger partial charge >= 0.3 is 5.97 Å². The lowest BCUT2D eigenvalue weighted by molar-refractivity contribution is -0.141. The second kappa shape index (κ2) is 8.68. The van der Waals surface area contributed by atoms with Crippen molar-refractivity contribution >= 4 is 21.8 Å². The maximum absolute atomic E-state index is 13.5. The molecule has 26 heavy (non-hydrogen) atoms. The first-order chi connectivity index (χ1) is 12.3. The summed E-state index contributed by atoms with van der Waals surface area (Å²) in [6.45, 7) is 0.769. The second-order valence-electron chi connectivity index (χ2n) is 5.39. The quantitative estimate of drug-likeness (QED) is 0.560. The summed E-state index contributed by atoms with van der Waals surface area (Å²) in [5, 5.41) is 0. The normalized spacial score (nSPS) is 11.2. The summed E-state index contributed by atoms with van der Waals surface area (Å²) < 4.78 is 44.1. The Hall–Kier alpha value is -2.58. The predicted molar refractivity (Wildman–Crippen MR) is 92.7 cm³/mol. The fourth-order valence-electron chi connectivity index (χ4n) is 2.10. The molecule has 0 fully saturated rings. The number of halogens is 1. The Morgan fingerprint density at radius 3 is 2.35 bits per heavy atom. The number of carbonyl (C=O) groups excluding carboxylic acids is 2. The van der Waals surface area contributed by atoms with Gasteiger partial charge in [0.25, 0.3) is 0 Å². The summed E-state index contributed by atoms with van der Waals surface area (Å²) in [7, 11) is -4.20. The standard InChI is InChI=1S/C18H18FNO5S/c1-2-13-7-9-14(10-8-13)16(21)12-25-18(22)11-20-26(23,24)17-6-4-3-5-15(17)19/h3-10,20H,2,11-12H2,1H3. The van der Waals surface area contributed by atoms with Gasteiger partial charge in [-0.25, -0.2) is 12.8 Å². The van der Waals surface area contributed by atoms with E-state index in [4.69, 9.17) is 4.74 Å². The van der Waals surface area contributed by atoms with Crippen molar-refractivity contribution in [1.82, 2.24) is 4.72 Å². The Bertz CT molecular complexity index is 894. The van der Waals surface area contributed by atoms with E-state index >= 15 is 0 Å². The lowest BCUT2D eigenvalue weighted by Crippen LogP contribution is -2.32. The zero-order valence-corrected chi connectivity index (χ0v) is 14.9. The third kappa shape index (κ3) is 5.21. The van der Waals surface area contributed by atoms with Crippen molar-refractivity contribution in [2.45, 2.75) is 18.2 Å². The van der Waals surface area contributed by atoms with E-state index in [1.807, 2.05) is 11.6 Å². The summed E-state index contributed by atoms with van der Waals surface area (Å²) in [6.07, 6.45) is 0.839. The van der Waals surface area contributed by atoms with E-state index in [2.05, 4.69) is 0 Å². The highest BCUT2D eigenvalue weighted by molar-refractivity contribution is 7.89. The van der Waals surface area contributed by atoms with Crippen LogP contribution in [-0.4, -0.2) is 33.3 Å². The van der Waals surface area contributed by atoms with Gasteiger partial charge in [0.1, 0.15) is 17.3 Å². The minimum atomic E-state index is -4.20. The van der Waals surface area contributed by atoms with E-state index in [9.17, 15) is 22.4 Å². The SMILES string of the molecule is CCc1ccc(C(=O)COC(=O)CNS(=O)(=O)c2ccccc2F)cc1. The molecular formula is C18H18FNO5S. The van der Waals surface area contributed by atoms with Crippen molar-refractivity contribution in [2.24, 2.45) is 0 Å². The number of ketones is 1. The number of benzene rings is 2. The molecule has 0 saturated carbocycles. The summed E-state index contributed by atoms with van der Waals surface area (Å²) >= 11 is 0. The maximum atomic E-state index is 13.5. The van der Waals surface area contributed by atoms with Crippen LogP contribution in [-0.2, 0) is 26.0 Å². The van der Waals surface area contributed by atoms with E-state index in [0.717, 1.165) is 24.1 Å². The first-order valence-electron chi connectivity index (χ1n) is 7.85. The minimum Gasteiger partial charge on any atom is -0.456 e. The van der Waals surface area contributed by atoms with Gasteiger partial charge in [-0.1, -0.05) is 43.3 Å². The molecule has 0 amide bonds. The number of aryl methyl sites for hydroxylation is 1. The fraction of sp³-hybridized carbons (Fsp3) is 0.222. The number of nitrogens with one attached hydrogen (secondary N) is 1. The van der Waals surface area contributed by atoms with Crippen LogP contribution in [0, 0.1) is 5.82 Å². The zero-order chi connectivity index (χ0) is 19.2. The van der Waals surface area contributed by atoms with Gasteiger partial charge in [0, 0.05) is 5.56 Å². The first kappa shape index (κ1) is 19.7. The van der Waals surface area contributed by atoms with Crippen molar-refractivity contribution in [3.05, 3.63) is 65.5 Å². The Labute approximate surface area is 151 Å². The summed E-state index contributed by atoms with van der Waals surface area (Å²) in [4.78, 5) is 23.0. The summed E-state index contributed by atoms with van der Waals surface area (Å²) in [6, 6.07) is 11.7. The Kier molecular flexibility index (Phi) is 6.59. The molecule has 0 unspecified atom stereocenters. The summed E-state index contributed by atoms with van der Waals surface area (Å²) in [5.74, 6) is -2.28. The van der Waals surface area contributed by atoms with Crippen molar-refractivity contribution in [3.8, 4) is 0 Å². The van der Waals surface area contributed by atoms with E-state index in [1.54, 1.807) is 24.3 Å². The smallest absolute Gasteiger partial charge is 0.321 e. The monoisotopic (exact) mass is 379 g/mol. The molecule has 138 valence electrons. The number of esters is 1. The van der Waals surface area contributed by atoms with E-state index in [-0.39, 0.29) is 0 Å². The molecule has 2 rings (SSSR count). The first-order valence-corrected chi connectivity index (χ1v) is 9.33. The van der Waals surface area contributed by atoms with Gasteiger partial charge in [0.15, 0.2) is 12.4 Å². The number of sulfonamides is 1. The molecule has 0 saturated heterocycles. The van der Waals surface area contributed by atoms with Gasteiger partial charge < -0.3 is 4.74 Å². The molecule has 6 nitrogen and oxygen atoms in total. The maximum Gasteiger partial charge on any atom is 0.321 e. The minimum absolute atomic E-state index is 0.391. The molecule has 0 radical (unpaired) electrons. The van der Waals surface area contributed by atoms with Crippen LogP contribution in [0.4, 0.5) is 4.39 Å². The molecule has 0 aliphatic rings. The molecule has 0 atom stereocenters. The summed E-state index contributed by atoms with van der Waals surface area (Å²) in [5.41, 5.74) is 1.46. The Balaban J connectivity index is 1.86. The second-order valence-corrected chi connectivity index (χ2v) is 7.12. The lowest BCUT2D eigenvalue weighted by atomic mass is 10.1. The van der Waals surface area contributed by atoms with E-state index in [1.165, 1.54) is 12.1 Å². The van der Waals surface area contributed by atoms with Crippen LogP contribution in [0.15, 0.2) is 53.4 Å². The van der Waals surface area contributed by atoms with Crippen LogP contribution < -0.4 is 4.72 Å². The lowest BCUT2D eigenvalue weighted by Gasteiger charge is -2.08. The fourth-order valence-corrected chi connectivity index (χ4v) is 3.15. The van der Waals surface area contributed by atoms with Crippen LogP contribution in [0.5, 0.6) is 0 Å². The Morgan fingerprint density at radius 2 is 1.73 bits per heavy atom. The molecule has 8 heteroatoms. The number of hydrogen-bond donors (Lipinski definition) is 1. The highest BCUT2D eigenvalue weighted by Crippen LogP contribution is 2.12. The van der Waals surface area contributed by atoms with Gasteiger partial charge in [0.2, 0.25) is 10.0 Å². The van der Waals surface area contributed by atoms with Crippen LogP contribution in [0.3, 0.4) is 0 Å². The highest BCUT2D eigenvalue weighted by atomic mass is 32.2. The van der Waals surface area contributed by atoms with Gasteiger partial charge in [-0.2, -0.15) is 4.72 Å². The van der Waals surface area contributed by atoms with E-state index < -0.39 is 45.6 Å². The average molecular weight is 379 g/mol. The highest BCUT2D eigenvalue weighted by Gasteiger charge is 2.20. The van der Waals surface area contributed by atoms with Crippen molar-refractivity contribution in [1.29, 1.82) is 0 Å². The van der Waals surface area contributed by atoms with Crippen molar-refractivity contribution in [3.63, 3.8) is 0 Å². The third-order valence-electron chi connectivity index (χ3n) is 3.58. The molecule has 0 aromatic heterocycles. The molecule has 1 N–H and O–H groups in total. The molecule has 0 aliphatic heterocycles. The average Bonchev–Trinajstić information content (AvgIpc) is 2.64. The van der Waals surface area contributed by atoms with E-state index in [0.29, 0.717) is 5.56 Å². The third-order valence-corrected chi connectivity index (χ3v) is 5.02. The van der Waals surface area contributed by atoms with Crippen LogP contribution >= 0.6 is 0 Å². The van der Waals surface area contributed by atoms with Gasteiger partial charge in [0.05, 0.1) is 0 Å². The number of carbonyl (C=O) groups is 2. The van der Waals surface area contributed by atoms with Crippen molar-refractivity contribution in [2.75, 3.05) is 13.2 Å². The van der Waals surface area contributed by atoms with Crippen LogP contribution in [0.1, 0.15) is 22.8 Å². The largest absolute Gasteiger partial charge is 0.456 e. The number of ether oxygens (including phenoxy) is 1. The molecule has 2 aromatic carbocycles. The van der Waals surface area contributed by atoms with Gasteiger partial charge in [-0.05, 0) is 24.1 Å². The van der Waals surface area contributed by atoms with Gasteiger partial charge in [-0.3, -0.25) is 9.59 Å². The number of rotatable bonds is 8. The van der Waals surface area contributed by atoms with Crippen molar-refractivity contribution < 1.29 is 27.1 Å². The predicted octanol–water partition coefficient (Wildman–Crippen LogP) is 2.09. The molecular weight excluding hydrogens is 361 g/mol. The van der Waals surface area contributed by atoms with Crippen LogP contribution in [0.2, 0.25) is 0 Å². The molecule has 0 spiro atoms. The molecule has 2 aromatic rings. The number of hydrogen-bond acceptors (Lipinski definition) is 5. The molecule has 0 bridgehead atoms. The molecule has 0 heterocycles. The zero-order valence-electron chi connectivity index (χ0n) is 14.1. The molecule has 0 aliphatic carbocycles. The number of Topliss-reactive ketones (excluding diaryl/α,β-unsaturated/α-hetero) is 1. The van der Waals surface area contributed by atoms with Gasteiger partial charge in [-0.15, -0.1) is 0 Å².